The Morgan fingerprint density at radius 1 is 1.30 bits per heavy atom. The Hall–Kier alpha value is -1.20. The van der Waals surface area contributed by atoms with E-state index in [1.54, 1.807) is 13.8 Å². The number of sulfone groups is 1. The molecule has 1 atom stereocenters. The van der Waals surface area contributed by atoms with E-state index in [-0.39, 0.29) is 24.0 Å². The van der Waals surface area contributed by atoms with E-state index in [4.69, 9.17) is 0 Å². The molecule has 0 saturated carbocycles. The van der Waals surface area contributed by atoms with Crippen LogP contribution < -0.4 is 5.32 Å². The van der Waals surface area contributed by atoms with Crippen molar-refractivity contribution in [2.45, 2.75) is 44.5 Å². The molecule has 1 aromatic carbocycles. The average Bonchev–Trinajstić information content (AvgIpc) is 2.44. The molecule has 1 unspecified atom stereocenters. The highest BCUT2D eigenvalue weighted by Crippen LogP contribution is 2.17. The summed E-state index contributed by atoms with van der Waals surface area (Å²) in [4.78, 5) is 12.2. The van der Waals surface area contributed by atoms with E-state index < -0.39 is 15.1 Å². The Labute approximate surface area is 120 Å². The summed E-state index contributed by atoms with van der Waals surface area (Å²) in [5, 5.41) is 2.78. The first kappa shape index (κ1) is 15.2. The van der Waals surface area contributed by atoms with Crippen molar-refractivity contribution in [1.82, 2.24) is 5.32 Å². The van der Waals surface area contributed by atoms with Crippen molar-refractivity contribution < 1.29 is 13.2 Å². The quantitative estimate of drug-likeness (QED) is 0.894. The van der Waals surface area contributed by atoms with Crippen LogP contribution in [0, 0.1) is 0 Å². The predicted molar refractivity (Wildman–Crippen MR) is 79.3 cm³/mol. The summed E-state index contributed by atoms with van der Waals surface area (Å²) in [5.74, 6) is -0.0627. The summed E-state index contributed by atoms with van der Waals surface area (Å²) in [5.41, 5.74) is 2.39. The van der Waals surface area contributed by atoms with E-state index in [2.05, 4.69) is 5.32 Å². The highest BCUT2D eigenvalue weighted by atomic mass is 32.2. The van der Waals surface area contributed by atoms with Crippen LogP contribution >= 0.6 is 0 Å². The van der Waals surface area contributed by atoms with Crippen molar-refractivity contribution in [3.8, 4) is 0 Å². The molecular formula is C15H21NO3S. The smallest absolute Gasteiger partial charge is 0.153 e. The number of nitrogens with one attached hydrogen (secondary N) is 1. The lowest BCUT2D eigenvalue weighted by atomic mass is 9.93. The standard InChI is InChI=1S/C15H21NO3S/c1-11(2)20(18,19)8-7-15(17)14-9-12-5-3-4-6-13(12)10-16-14/h3-6,11,14,16H,7-10H2,1-2H3. The van der Waals surface area contributed by atoms with Crippen LogP contribution in [-0.2, 0) is 27.6 Å². The Morgan fingerprint density at radius 2 is 1.95 bits per heavy atom. The van der Waals surface area contributed by atoms with E-state index in [1.165, 1.54) is 11.1 Å². The van der Waals surface area contributed by atoms with Crippen LogP contribution in [0.2, 0.25) is 0 Å². The molecule has 4 nitrogen and oxygen atoms in total. The normalized spacial score (nSPS) is 18.9. The minimum atomic E-state index is -3.14. The van der Waals surface area contributed by atoms with Gasteiger partial charge < -0.3 is 5.32 Å². The van der Waals surface area contributed by atoms with E-state index in [0.29, 0.717) is 13.0 Å². The fourth-order valence-electron chi connectivity index (χ4n) is 2.33. The second-order valence-corrected chi connectivity index (χ2v) is 8.22. The number of ketones is 1. The van der Waals surface area contributed by atoms with E-state index >= 15 is 0 Å². The second-order valence-electron chi connectivity index (χ2n) is 5.54. The van der Waals surface area contributed by atoms with Crippen LogP contribution in [-0.4, -0.2) is 31.2 Å². The second kappa shape index (κ2) is 6.06. The lowest BCUT2D eigenvalue weighted by Crippen LogP contribution is -2.42. The summed E-state index contributed by atoms with van der Waals surface area (Å²) < 4.78 is 23.5. The third-order valence-electron chi connectivity index (χ3n) is 3.82. The maximum absolute atomic E-state index is 12.2. The van der Waals surface area contributed by atoms with Gasteiger partial charge in [0.1, 0.15) is 0 Å². The van der Waals surface area contributed by atoms with Crippen LogP contribution in [0.5, 0.6) is 0 Å². The lowest BCUT2D eigenvalue weighted by Gasteiger charge is -2.25. The summed E-state index contributed by atoms with van der Waals surface area (Å²) >= 11 is 0. The van der Waals surface area contributed by atoms with Gasteiger partial charge in [0.05, 0.1) is 17.0 Å². The van der Waals surface area contributed by atoms with Gasteiger partial charge in [-0.3, -0.25) is 4.79 Å². The van der Waals surface area contributed by atoms with Gasteiger partial charge in [0.25, 0.3) is 0 Å². The molecule has 0 saturated heterocycles. The summed E-state index contributed by atoms with van der Waals surface area (Å²) in [6.07, 6.45) is 0.747. The molecule has 5 heteroatoms. The van der Waals surface area contributed by atoms with Gasteiger partial charge >= 0.3 is 0 Å². The van der Waals surface area contributed by atoms with Crippen LogP contribution in [0.25, 0.3) is 0 Å². The Kier molecular flexibility index (Phi) is 4.60. The van der Waals surface area contributed by atoms with E-state index in [1.807, 2.05) is 24.3 Å². The van der Waals surface area contributed by atoms with Crippen molar-refractivity contribution in [1.29, 1.82) is 0 Å². The van der Waals surface area contributed by atoms with Gasteiger partial charge in [0, 0.05) is 13.0 Å². The van der Waals surface area contributed by atoms with Gasteiger partial charge in [0.2, 0.25) is 0 Å². The first-order valence-electron chi connectivity index (χ1n) is 6.94. The lowest BCUT2D eigenvalue weighted by molar-refractivity contribution is -0.120. The van der Waals surface area contributed by atoms with Crippen molar-refractivity contribution in [3.05, 3.63) is 35.4 Å². The van der Waals surface area contributed by atoms with Gasteiger partial charge in [-0.05, 0) is 31.4 Å². The number of Topliss-reactive ketones (excluding diaryl/α,β-unsaturated/α-hetero) is 1. The summed E-state index contributed by atoms with van der Waals surface area (Å²) in [6.45, 7) is 3.97. The number of benzene rings is 1. The fourth-order valence-corrected chi connectivity index (χ4v) is 3.29. The molecule has 2 rings (SSSR count). The molecule has 1 aliphatic heterocycles. The summed E-state index contributed by atoms with van der Waals surface area (Å²) in [6, 6.07) is 7.77. The molecule has 0 amide bonds. The molecule has 1 aliphatic rings. The number of hydrogen-bond acceptors (Lipinski definition) is 4. The zero-order valence-electron chi connectivity index (χ0n) is 11.9. The van der Waals surface area contributed by atoms with E-state index in [9.17, 15) is 13.2 Å². The monoisotopic (exact) mass is 295 g/mol. The van der Waals surface area contributed by atoms with Crippen LogP contribution in [0.1, 0.15) is 31.4 Å². The Morgan fingerprint density at radius 3 is 2.60 bits per heavy atom. The Balaban J connectivity index is 1.96. The Bertz CT molecular complexity index is 593. The minimum absolute atomic E-state index is 0.0104. The number of rotatable bonds is 5. The molecule has 0 radical (unpaired) electrons. The van der Waals surface area contributed by atoms with Crippen molar-refractivity contribution in [2.75, 3.05) is 5.75 Å². The molecule has 1 N–H and O–H groups in total. The largest absolute Gasteiger partial charge is 0.303 e. The van der Waals surface area contributed by atoms with Crippen LogP contribution in [0.3, 0.4) is 0 Å². The molecule has 0 aliphatic carbocycles. The predicted octanol–water partition coefficient (Wildman–Crippen LogP) is 1.48. The molecule has 110 valence electrons. The van der Waals surface area contributed by atoms with Crippen molar-refractivity contribution >= 4 is 15.6 Å². The van der Waals surface area contributed by atoms with Crippen LogP contribution in [0.15, 0.2) is 24.3 Å². The molecular weight excluding hydrogens is 274 g/mol. The molecule has 0 aromatic heterocycles. The van der Waals surface area contributed by atoms with Crippen molar-refractivity contribution in [3.63, 3.8) is 0 Å². The zero-order chi connectivity index (χ0) is 14.8. The summed E-state index contributed by atoms with van der Waals surface area (Å²) in [7, 11) is -3.14. The molecule has 0 spiro atoms. The highest BCUT2D eigenvalue weighted by molar-refractivity contribution is 7.91. The molecule has 0 bridgehead atoms. The van der Waals surface area contributed by atoms with Crippen LogP contribution in [0.4, 0.5) is 0 Å². The third kappa shape index (κ3) is 3.46. The first-order valence-corrected chi connectivity index (χ1v) is 8.66. The van der Waals surface area contributed by atoms with Gasteiger partial charge in [-0.25, -0.2) is 8.42 Å². The number of carbonyl (C=O) groups is 1. The maximum atomic E-state index is 12.2. The van der Waals surface area contributed by atoms with Crippen molar-refractivity contribution in [2.24, 2.45) is 0 Å². The first-order chi connectivity index (χ1) is 9.40. The van der Waals surface area contributed by atoms with Gasteiger partial charge in [-0.15, -0.1) is 0 Å². The van der Waals surface area contributed by atoms with Gasteiger partial charge in [0.15, 0.2) is 15.6 Å². The van der Waals surface area contributed by atoms with E-state index in [0.717, 1.165) is 0 Å². The highest BCUT2D eigenvalue weighted by Gasteiger charge is 2.25. The third-order valence-corrected chi connectivity index (χ3v) is 6.03. The van der Waals surface area contributed by atoms with Gasteiger partial charge in [-0.2, -0.15) is 0 Å². The zero-order valence-corrected chi connectivity index (χ0v) is 12.7. The number of fused-ring (bicyclic) bond motifs is 1. The maximum Gasteiger partial charge on any atom is 0.153 e. The van der Waals surface area contributed by atoms with Gasteiger partial charge in [-0.1, -0.05) is 24.3 Å². The molecule has 1 aromatic rings. The molecule has 20 heavy (non-hydrogen) atoms. The fraction of sp³-hybridized carbons (Fsp3) is 0.533. The minimum Gasteiger partial charge on any atom is -0.303 e. The topological polar surface area (TPSA) is 63.2 Å². The number of carbonyl (C=O) groups excluding carboxylic acids is 1. The molecule has 0 fully saturated rings. The molecule has 1 heterocycles. The number of hydrogen-bond donors (Lipinski definition) is 1. The SMILES string of the molecule is CC(C)S(=O)(=O)CCC(=O)C1Cc2ccccc2CN1. The average molecular weight is 295 g/mol.